The van der Waals surface area contributed by atoms with E-state index in [-0.39, 0.29) is 6.79 Å². The Morgan fingerprint density at radius 1 is 1.28 bits per heavy atom. The monoisotopic (exact) mass is 281 g/mol. The van der Waals surface area contributed by atoms with Crippen molar-refractivity contribution in [2.24, 2.45) is 0 Å². The van der Waals surface area contributed by atoms with Crippen LogP contribution in [-0.2, 0) is 6.54 Å². The molecular weight excluding hydrogens is 270 g/mol. The summed E-state index contributed by atoms with van der Waals surface area (Å²) in [6.45, 7) is 3.12. The molecule has 2 aromatic rings. The van der Waals surface area contributed by atoms with Crippen LogP contribution in [0.3, 0.4) is 0 Å². The van der Waals surface area contributed by atoms with E-state index >= 15 is 0 Å². The molecule has 3 nitrogen and oxygen atoms in total. The second-order valence-corrected chi connectivity index (χ2v) is 5.83. The molecule has 18 heavy (non-hydrogen) atoms. The van der Waals surface area contributed by atoms with Gasteiger partial charge in [-0.1, -0.05) is 11.6 Å². The van der Waals surface area contributed by atoms with E-state index in [4.69, 9.17) is 21.1 Å². The summed E-state index contributed by atoms with van der Waals surface area (Å²) in [5.74, 6) is 1.45. The number of aryl methyl sites for hydroxylation is 1. The van der Waals surface area contributed by atoms with Gasteiger partial charge in [0.05, 0.1) is 10.7 Å². The van der Waals surface area contributed by atoms with E-state index in [0.717, 1.165) is 18.0 Å². The van der Waals surface area contributed by atoms with Crippen LogP contribution in [-0.4, -0.2) is 6.79 Å². The van der Waals surface area contributed by atoms with Crippen molar-refractivity contribution in [3.05, 3.63) is 39.0 Å². The molecule has 0 radical (unpaired) electrons. The third-order valence-corrected chi connectivity index (χ3v) is 4.02. The molecule has 0 unspecified atom stereocenters. The second-order valence-electron chi connectivity index (χ2n) is 4.05. The number of benzene rings is 1. The summed E-state index contributed by atoms with van der Waals surface area (Å²) in [7, 11) is 0. The average Bonchev–Trinajstić information content (AvgIpc) is 2.94. The minimum absolute atomic E-state index is 0.263. The van der Waals surface area contributed by atoms with Crippen LogP contribution < -0.4 is 14.8 Å². The largest absolute Gasteiger partial charge is 0.454 e. The van der Waals surface area contributed by atoms with Gasteiger partial charge in [0.2, 0.25) is 6.79 Å². The van der Waals surface area contributed by atoms with Gasteiger partial charge in [-0.05, 0) is 19.1 Å². The number of hydrogen-bond donors (Lipinski definition) is 1. The SMILES string of the molecule is Cc1ccc(CNc2cc3c(cc2Cl)OCO3)s1. The molecule has 2 heterocycles. The Balaban J connectivity index is 1.76. The second kappa shape index (κ2) is 4.71. The van der Waals surface area contributed by atoms with E-state index in [2.05, 4.69) is 24.4 Å². The fraction of sp³-hybridized carbons (Fsp3) is 0.231. The number of anilines is 1. The molecule has 0 amide bonds. The van der Waals surface area contributed by atoms with Crippen molar-refractivity contribution in [3.63, 3.8) is 0 Å². The van der Waals surface area contributed by atoms with E-state index in [9.17, 15) is 0 Å². The van der Waals surface area contributed by atoms with Crippen LogP contribution in [0.4, 0.5) is 5.69 Å². The average molecular weight is 282 g/mol. The van der Waals surface area contributed by atoms with Crippen LogP contribution in [0.25, 0.3) is 0 Å². The van der Waals surface area contributed by atoms with Crippen LogP contribution in [0.5, 0.6) is 11.5 Å². The summed E-state index contributed by atoms with van der Waals surface area (Å²) in [5, 5.41) is 3.96. The molecule has 0 saturated heterocycles. The summed E-state index contributed by atoms with van der Waals surface area (Å²) in [6.07, 6.45) is 0. The van der Waals surface area contributed by atoms with Gasteiger partial charge in [-0.2, -0.15) is 0 Å². The number of thiophene rings is 1. The predicted octanol–water partition coefficient (Wildman–Crippen LogP) is 4.05. The first-order chi connectivity index (χ1) is 8.72. The number of hydrogen-bond acceptors (Lipinski definition) is 4. The summed E-state index contributed by atoms with van der Waals surface area (Å²) in [4.78, 5) is 2.59. The van der Waals surface area contributed by atoms with E-state index in [1.54, 1.807) is 17.4 Å². The van der Waals surface area contributed by atoms with Crippen LogP contribution in [0.15, 0.2) is 24.3 Å². The van der Waals surface area contributed by atoms with Crippen molar-refractivity contribution < 1.29 is 9.47 Å². The number of halogens is 1. The smallest absolute Gasteiger partial charge is 0.231 e. The third-order valence-electron chi connectivity index (χ3n) is 2.71. The minimum Gasteiger partial charge on any atom is -0.454 e. The maximum atomic E-state index is 6.18. The highest BCUT2D eigenvalue weighted by Crippen LogP contribution is 2.39. The fourth-order valence-corrected chi connectivity index (χ4v) is 2.87. The minimum atomic E-state index is 0.263. The molecule has 0 bridgehead atoms. The Kier molecular flexibility index (Phi) is 3.06. The van der Waals surface area contributed by atoms with Gasteiger partial charge < -0.3 is 14.8 Å². The zero-order valence-electron chi connectivity index (χ0n) is 9.83. The van der Waals surface area contributed by atoms with Gasteiger partial charge in [-0.25, -0.2) is 0 Å². The van der Waals surface area contributed by atoms with Gasteiger partial charge >= 0.3 is 0 Å². The van der Waals surface area contributed by atoms with Gasteiger partial charge in [0, 0.05) is 28.4 Å². The topological polar surface area (TPSA) is 30.5 Å². The molecule has 1 aromatic carbocycles. The highest BCUT2D eigenvalue weighted by Gasteiger charge is 2.16. The molecule has 5 heteroatoms. The lowest BCUT2D eigenvalue weighted by Gasteiger charge is -2.08. The highest BCUT2D eigenvalue weighted by atomic mass is 35.5. The van der Waals surface area contributed by atoms with Crippen molar-refractivity contribution in [1.82, 2.24) is 0 Å². The van der Waals surface area contributed by atoms with Gasteiger partial charge in [0.25, 0.3) is 0 Å². The third kappa shape index (κ3) is 2.26. The number of rotatable bonds is 3. The lowest BCUT2D eigenvalue weighted by molar-refractivity contribution is 0.174. The van der Waals surface area contributed by atoms with Crippen LogP contribution in [0.2, 0.25) is 5.02 Å². The van der Waals surface area contributed by atoms with Crippen molar-refractivity contribution in [2.75, 3.05) is 12.1 Å². The standard InChI is InChI=1S/C13H12ClNO2S/c1-8-2-3-9(18-8)6-15-11-5-13-12(4-10(11)14)16-7-17-13/h2-5,15H,6-7H2,1H3. The molecule has 0 fully saturated rings. The Morgan fingerprint density at radius 2 is 2.06 bits per heavy atom. The Morgan fingerprint density at radius 3 is 2.78 bits per heavy atom. The lowest BCUT2D eigenvalue weighted by atomic mass is 10.2. The Bertz CT molecular complexity index is 582. The molecule has 0 saturated carbocycles. The number of fused-ring (bicyclic) bond motifs is 1. The normalized spacial score (nSPS) is 12.8. The lowest BCUT2D eigenvalue weighted by Crippen LogP contribution is -1.98. The van der Waals surface area contributed by atoms with Gasteiger partial charge in [0.15, 0.2) is 11.5 Å². The number of ether oxygens (including phenoxy) is 2. The molecule has 0 spiro atoms. The molecule has 94 valence electrons. The molecule has 1 aliphatic rings. The number of nitrogens with one attached hydrogen (secondary N) is 1. The fourth-order valence-electron chi connectivity index (χ4n) is 1.82. The summed E-state index contributed by atoms with van der Waals surface area (Å²) in [6, 6.07) is 7.90. The molecule has 0 aliphatic carbocycles. The Hall–Kier alpha value is -1.39. The van der Waals surface area contributed by atoms with Crippen molar-refractivity contribution >= 4 is 28.6 Å². The van der Waals surface area contributed by atoms with Crippen LogP contribution in [0, 0.1) is 6.92 Å². The first-order valence-corrected chi connectivity index (χ1v) is 6.80. The van der Waals surface area contributed by atoms with Crippen LogP contribution in [0.1, 0.15) is 9.75 Å². The first-order valence-electron chi connectivity index (χ1n) is 5.61. The van der Waals surface area contributed by atoms with E-state index in [1.165, 1.54) is 9.75 Å². The molecule has 0 atom stereocenters. The molecule has 3 rings (SSSR count). The Labute approximate surface area is 114 Å². The zero-order valence-corrected chi connectivity index (χ0v) is 11.4. The van der Waals surface area contributed by atoms with E-state index in [0.29, 0.717) is 10.8 Å². The van der Waals surface area contributed by atoms with Crippen LogP contribution >= 0.6 is 22.9 Å². The predicted molar refractivity (Wildman–Crippen MR) is 74.0 cm³/mol. The van der Waals surface area contributed by atoms with Gasteiger partial charge in [-0.15, -0.1) is 11.3 Å². The molecule has 1 N–H and O–H groups in total. The zero-order chi connectivity index (χ0) is 12.5. The quantitative estimate of drug-likeness (QED) is 0.921. The maximum absolute atomic E-state index is 6.18. The van der Waals surface area contributed by atoms with Gasteiger partial charge in [0.1, 0.15) is 0 Å². The van der Waals surface area contributed by atoms with E-state index < -0.39 is 0 Å². The summed E-state index contributed by atoms with van der Waals surface area (Å²) < 4.78 is 10.6. The van der Waals surface area contributed by atoms with Crippen molar-refractivity contribution in [1.29, 1.82) is 0 Å². The highest BCUT2D eigenvalue weighted by molar-refractivity contribution is 7.11. The van der Waals surface area contributed by atoms with Crippen molar-refractivity contribution in [2.45, 2.75) is 13.5 Å². The summed E-state index contributed by atoms with van der Waals surface area (Å²) in [5.41, 5.74) is 0.868. The molecule has 1 aliphatic heterocycles. The van der Waals surface area contributed by atoms with Gasteiger partial charge in [-0.3, -0.25) is 0 Å². The molecular formula is C13H12ClNO2S. The van der Waals surface area contributed by atoms with Crippen molar-refractivity contribution in [3.8, 4) is 11.5 Å². The molecule has 1 aromatic heterocycles. The summed E-state index contributed by atoms with van der Waals surface area (Å²) >= 11 is 7.96. The maximum Gasteiger partial charge on any atom is 0.231 e. The van der Waals surface area contributed by atoms with E-state index in [1.807, 2.05) is 6.07 Å². The first kappa shape index (κ1) is 11.7.